The molecule has 0 radical (unpaired) electrons. The standard InChI is InChI=1S/C13H13N5O2S/c1-17-13(7-8-14-17)12-9-18(16-15-12)10-3-5-11(6-4-10)21(2,19)20/h3-9H,1-2H3. The molecule has 0 atom stereocenters. The maximum Gasteiger partial charge on any atom is 0.175 e. The van der Waals surface area contributed by atoms with Crippen LogP contribution in [-0.2, 0) is 16.9 Å². The Labute approximate surface area is 121 Å². The van der Waals surface area contributed by atoms with Crippen LogP contribution >= 0.6 is 0 Å². The van der Waals surface area contributed by atoms with E-state index in [1.54, 1.807) is 46.0 Å². The second-order valence-corrected chi connectivity index (χ2v) is 6.67. The minimum atomic E-state index is -3.19. The minimum Gasteiger partial charge on any atom is -0.266 e. The SMILES string of the molecule is Cn1nccc1-c1cn(-c2ccc(S(C)(=O)=O)cc2)nn1. The first-order chi connectivity index (χ1) is 9.95. The van der Waals surface area contributed by atoms with Crippen molar-refractivity contribution in [1.29, 1.82) is 0 Å². The van der Waals surface area contributed by atoms with Crippen molar-refractivity contribution in [3.05, 3.63) is 42.7 Å². The molecule has 2 heterocycles. The van der Waals surface area contributed by atoms with E-state index in [1.165, 1.54) is 6.26 Å². The Balaban J connectivity index is 1.95. The third-order valence-electron chi connectivity index (χ3n) is 3.11. The predicted molar refractivity (Wildman–Crippen MR) is 76.7 cm³/mol. The van der Waals surface area contributed by atoms with Crippen LogP contribution in [0.2, 0.25) is 0 Å². The summed E-state index contributed by atoms with van der Waals surface area (Å²) in [5, 5.41) is 12.2. The fraction of sp³-hybridized carbons (Fsp3) is 0.154. The summed E-state index contributed by atoms with van der Waals surface area (Å²) in [5.41, 5.74) is 2.29. The second-order valence-electron chi connectivity index (χ2n) is 4.65. The highest BCUT2D eigenvalue weighted by Gasteiger charge is 2.10. The average Bonchev–Trinajstić information content (AvgIpc) is 3.06. The molecular weight excluding hydrogens is 290 g/mol. The molecule has 0 N–H and O–H groups in total. The van der Waals surface area contributed by atoms with Crippen LogP contribution in [0, 0.1) is 0 Å². The van der Waals surface area contributed by atoms with Crippen molar-refractivity contribution in [2.24, 2.45) is 7.05 Å². The predicted octanol–water partition coefficient (Wildman–Crippen LogP) is 1.07. The number of nitrogens with zero attached hydrogens (tertiary/aromatic N) is 5. The van der Waals surface area contributed by atoms with Crippen LogP contribution in [0.15, 0.2) is 47.6 Å². The highest BCUT2D eigenvalue weighted by molar-refractivity contribution is 7.90. The highest BCUT2D eigenvalue weighted by atomic mass is 32.2. The van der Waals surface area contributed by atoms with Crippen LogP contribution in [0.5, 0.6) is 0 Å². The van der Waals surface area contributed by atoms with Crippen molar-refractivity contribution in [3.63, 3.8) is 0 Å². The third-order valence-corrected chi connectivity index (χ3v) is 4.23. The fourth-order valence-corrected chi connectivity index (χ4v) is 2.61. The third kappa shape index (κ3) is 2.57. The summed E-state index contributed by atoms with van der Waals surface area (Å²) in [5.74, 6) is 0. The van der Waals surface area contributed by atoms with Crippen molar-refractivity contribution in [2.75, 3.05) is 6.26 Å². The molecule has 0 saturated carbocycles. The van der Waals surface area contributed by atoms with E-state index in [9.17, 15) is 8.42 Å². The van der Waals surface area contributed by atoms with Crippen LogP contribution in [0.3, 0.4) is 0 Å². The van der Waals surface area contributed by atoms with E-state index in [0.29, 0.717) is 5.69 Å². The lowest BCUT2D eigenvalue weighted by atomic mass is 10.3. The molecule has 8 heteroatoms. The van der Waals surface area contributed by atoms with Crippen LogP contribution in [-0.4, -0.2) is 39.4 Å². The Hall–Kier alpha value is -2.48. The van der Waals surface area contributed by atoms with Gasteiger partial charge < -0.3 is 0 Å². The van der Waals surface area contributed by atoms with Gasteiger partial charge in [0, 0.05) is 19.5 Å². The zero-order chi connectivity index (χ0) is 15.0. The molecule has 0 aliphatic carbocycles. The number of aromatic nitrogens is 5. The molecule has 0 aliphatic rings. The lowest BCUT2D eigenvalue weighted by Crippen LogP contribution is -1.99. The van der Waals surface area contributed by atoms with E-state index >= 15 is 0 Å². The minimum absolute atomic E-state index is 0.276. The van der Waals surface area contributed by atoms with Crippen LogP contribution in [0.25, 0.3) is 17.1 Å². The molecule has 0 saturated heterocycles. The summed E-state index contributed by atoms with van der Waals surface area (Å²) in [6.45, 7) is 0. The number of hydrogen-bond donors (Lipinski definition) is 0. The summed E-state index contributed by atoms with van der Waals surface area (Å²) in [7, 11) is -1.37. The van der Waals surface area contributed by atoms with E-state index in [-0.39, 0.29) is 4.90 Å². The van der Waals surface area contributed by atoms with Gasteiger partial charge in [-0.05, 0) is 30.3 Å². The summed E-state index contributed by atoms with van der Waals surface area (Å²) in [4.78, 5) is 0.276. The van der Waals surface area contributed by atoms with Gasteiger partial charge in [0.25, 0.3) is 0 Å². The average molecular weight is 303 g/mol. The fourth-order valence-electron chi connectivity index (χ4n) is 1.98. The van der Waals surface area contributed by atoms with Crippen molar-refractivity contribution in [1.82, 2.24) is 24.8 Å². The van der Waals surface area contributed by atoms with E-state index in [1.807, 2.05) is 13.1 Å². The molecule has 7 nitrogen and oxygen atoms in total. The lowest BCUT2D eigenvalue weighted by Gasteiger charge is -2.01. The lowest BCUT2D eigenvalue weighted by molar-refractivity contribution is 0.602. The van der Waals surface area contributed by atoms with E-state index in [0.717, 1.165) is 11.4 Å². The van der Waals surface area contributed by atoms with Gasteiger partial charge in [0.15, 0.2) is 9.84 Å². The highest BCUT2D eigenvalue weighted by Crippen LogP contribution is 2.17. The van der Waals surface area contributed by atoms with Crippen LogP contribution in [0.4, 0.5) is 0 Å². The topological polar surface area (TPSA) is 82.7 Å². The number of hydrogen-bond acceptors (Lipinski definition) is 5. The van der Waals surface area contributed by atoms with E-state index in [2.05, 4.69) is 15.4 Å². The number of aryl methyl sites for hydroxylation is 1. The van der Waals surface area contributed by atoms with Gasteiger partial charge in [0.05, 0.1) is 22.5 Å². The van der Waals surface area contributed by atoms with Gasteiger partial charge in [-0.15, -0.1) is 5.10 Å². The monoisotopic (exact) mass is 303 g/mol. The molecule has 0 spiro atoms. The zero-order valence-corrected chi connectivity index (χ0v) is 12.3. The molecule has 0 fully saturated rings. The van der Waals surface area contributed by atoms with E-state index in [4.69, 9.17) is 0 Å². The van der Waals surface area contributed by atoms with Gasteiger partial charge in [-0.2, -0.15) is 5.10 Å². The number of rotatable bonds is 3. The number of benzene rings is 1. The maximum atomic E-state index is 11.4. The van der Waals surface area contributed by atoms with Gasteiger partial charge in [-0.1, -0.05) is 5.21 Å². The summed E-state index contributed by atoms with van der Waals surface area (Å²) in [6.07, 6.45) is 4.64. The largest absolute Gasteiger partial charge is 0.266 e. The molecule has 0 aliphatic heterocycles. The Kier molecular flexibility index (Phi) is 3.09. The first-order valence-corrected chi connectivity index (χ1v) is 8.05. The Morgan fingerprint density at radius 2 is 1.81 bits per heavy atom. The van der Waals surface area contributed by atoms with Crippen molar-refractivity contribution >= 4 is 9.84 Å². The molecule has 1 aromatic carbocycles. The Morgan fingerprint density at radius 3 is 2.38 bits per heavy atom. The summed E-state index contributed by atoms with van der Waals surface area (Å²) >= 11 is 0. The Bertz CT molecular complexity index is 877. The summed E-state index contributed by atoms with van der Waals surface area (Å²) < 4.78 is 26.2. The quantitative estimate of drug-likeness (QED) is 0.723. The molecule has 0 amide bonds. The molecule has 108 valence electrons. The molecule has 2 aromatic heterocycles. The summed E-state index contributed by atoms with van der Waals surface area (Å²) in [6, 6.07) is 8.34. The molecular formula is C13H13N5O2S. The van der Waals surface area contributed by atoms with Crippen LogP contribution < -0.4 is 0 Å². The molecule has 3 rings (SSSR count). The van der Waals surface area contributed by atoms with Gasteiger partial charge in [-0.3, -0.25) is 4.68 Å². The van der Waals surface area contributed by atoms with Crippen LogP contribution in [0.1, 0.15) is 0 Å². The Morgan fingerprint density at radius 1 is 1.10 bits per heavy atom. The normalized spacial score (nSPS) is 11.7. The first kappa shape index (κ1) is 13.5. The van der Waals surface area contributed by atoms with Gasteiger partial charge in [0.1, 0.15) is 5.69 Å². The van der Waals surface area contributed by atoms with Crippen molar-refractivity contribution in [3.8, 4) is 17.1 Å². The second kappa shape index (κ2) is 4.81. The van der Waals surface area contributed by atoms with E-state index < -0.39 is 9.84 Å². The molecule has 0 bridgehead atoms. The zero-order valence-electron chi connectivity index (χ0n) is 11.5. The van der Waals surface area contributed by atoms with Gasteiger partial charge in [0.2, 0.25) is 0 Å². The molecule has 0 unspecified atom stereocenters. The van der Waals surface area contributed by atoms with Crippen molar-refractivity contribution < 1.29 is 8.42 Å². The smallest absolute Gasteiger partial charge is 0.175 e. The van der Waals surface area contributed by atoms with Crippen molar-refractivity contribution in [2.45, 2.75) is 4.90 Å². The maximum absolute atomic E-state index is 11.4. The first-order valence-electron chi connectivity index (χ1n) is 6.16. The molecule has 21 heavy (non-hydrogen) atoms. The molecule has 3 aromatic rings. The van der Waals surface area contributed by atoms with Gasteiger partial charge in [-0.25, -0.2) is 13.1 Å². The number of sulfone groups is 1. The van der Waals surface area contributed by atoms with Gasteiger partial charge >= 0.3 is 0 Å².